The number of alkyl halides is 3. The second-order valence-electron chi connectivity index (χ2n) is 6.91. The number of hydrogen-bond acceptors (Lipinski definition) is 2. The third-order valence-corrected chi connectivity index (χ3v) is 4.47. The van der Waals surface area contributed by atoms with Gasteiger partial charge < -0.3 is 0 Å². The molecule has 0 amide bonds. The van der Waals surface area contributed by atoms with E-state index in [4.69, 9.17) is 0 Å². The molecule has 0 aliphatic heterocycles. The Hall–Kier alpha value is -2.11. The zero-order chi connectivity index (χ0) is 17.5. The summed E-state index contributed by atoms with van der Waals surface area (Å²) in [6, 6.07) is 9.36. The van der Waals surface area contributed by atoms with Gasteiger partial charge in [-0.05, 0) is 12.0 Å². The number of carbonyl (C=O) groups excluding carboxylic acids is 1. The molecule has 0 unspecified atom stereocenters. The Morgan fingerprint density at radius 1 is 1.21 bits per heavy atom. The molecule has 0 spiro atoms. The first-order chi connectivity index (χ1) is 11.2. The first-order valence-corrected chi connectivity index (χ1v) is 7.91. The van der Waals surface area contributed by atoms with Gasteiger partial charge in [0.05, 0.1) is 17.0 Å². The Labute approximate surface area is 138 Å². The molecule has 0 radical (unpaired) electrons. The highest BCUT2D eigenvalue weighted by Gasteiger charge is 2.40. The van der Waals surface area contributed by atoms with Crippen LogP contribution in [0, 0.1) is 0 Å². The van der Waals surface area contributed by atoms with Gasteiger partial charge in [0.15, 0.2) is 5.78 Å². The minimum absolute atomic E-state index is 0.108. The van der Waals surface area contributed by atoms with Crippen molar-refractivity contribution in [3.63, 3.8) is 0 Å². The van der Waals surface area contributed by atoms with Gasteiger partial charge in [0.2, 0.25) is 0 Å². The standard InChI is InChI=1S/C18H19F3N2O/c1-17(2)9-8-14(24)15-13(10-12-6-4-3-5-7-12)22-23(16(15)17)11-18(19,20)21/h3-7H,8-11H2,1-2H3. The van der Waals surface area contributed by atoms with E-state index >= 15 is 0 Å². The van der Waals surface area contributed by atoms with Crippen molar-refractivity contribution in [2.24, 2.45) is 0 Å². The fraction of sp³-hybridized carbons (Fsp3) is 0.444. The van der Waals surface area contributed by atoms with Gasteiger partial charge in [-0.3, -0.25) is 9.48 Å². The summed E-state index contributed by atoms with van der Waals surface area (Å²) in [5.41, 5.74) is 1.67. The van der Waals surface area contributed by atoms with Gasteiger partial charge in [-0.1, -0.05) is 44.2 Å². The summed E-state index contributed by atoms with van der Waals surface area (Å²) >= 11 is 0. The van der Waals surface area contributed by atoms with Gasteiger partial charge in [0, 0.05) is 18.3 Å². The highest BCUT2D eigenvalue weighted by atomic mass is 19.4. The van der Waals surface area contributed by atoms with Gasteiger partial charge >= 0.3 is 6.18 Å². The zero-order valence-electron chi connectivity index (χ0n) is 13.7. The fourth-order valence-corrected chi connectivity index (χ4v) is 3.36. The molecule has 0 saturated heterocycles. The second kappa shape index (κ2) is 5.76. The number of hydrogen-bond donors (Lipinski definition) is 0. The van der Waals surface area contributed by atoms with E-state index in [1.807, 2.05) is 44.2 Å². The SMILES string of the molecule is CC1(C)CCC(=O)c2c(Cc3ccccc3)nn(CC(F)(F)F)c21. The molecule has 1 aliphatic carbocycles. The average Bonchev–Trinajstić information content (AvgIpc) is 2.82. The number of ketones is 1. The molecule has 3 nitrogen and oxygen atoms in total. The maximum absolute atomic E-state index is 13.0. The third kappa shape index (κ3) is 3.23. The summed E-state index contributed by atoms with van der Waals surface area (Å²) < 4.78 is 39.8. The van der Waals surface area contributed by atoms with Crippen LogP contribution in [0.15, 0.2) is 30.3 Å². The number of benzene rings is 1. The number of halogens is 3. The van der Waals surface area contributed by atoms with E-state index in [9.17, 15) is 18.0 Å². The van der Waals surface area contributed by atoms with Crippen LogP contribution in [0.2, 0.25) is 0 Å². The van der Waals surface area contributed by atoms with Crippen molar-refractivity contribution in [2.75, 3.05) is 0 Å². The van der Waals surface area contributed by atoms with Crippen LogP contribution in [-0.4, -0.2) is 21.7 Å². The van der Waals surface area contributed by atoms with Crippen molar-refractivity contribution in [1.82, 2.24) is 9.78 Å². The van der Waals surface area contributed by atoms with Crippen molar-refractivity contribution in [2.45, 2.75) is 51.2 Å². The maximum Gasteiger partial charge on any atom is 0.408 e. The summed E-state index contributed by atoms with van der Waals surface area (Å²) in [5.74, 6) is -0.108. The molecule has 0 saturated carbocycles. The molecule has 1 aliphatic rings. The monoisotopic (exact) mass is 336 g/mol. The van der Waals surface area contributed by atoms with Crippen molar-refractivity contribution in [3.8, 4) is 0 Å². The van der Waals surface area contributed by atoms with Crippen LogP contribution in [0.5, 0.6) is 0 Å². The minimum atomic E-state index is -4.37. The number of fused-ring (bicyclic) bond motifs is 1. The van der Waals surface area contributed by atoms with Gasteiger partial charge in [-0.2, -0.15) is 18.3 Å². The Morgan fingerprint density at radius 3 is 2.50 bits per heavy atom. The molecule has 2 aromatic rings. The summed E-state index contributed by atoms with van der Waals surface area (Å²) in [7, 11) is 0. The van der Waals surface area contributed by atoms with Crippen LogP contribution < -0.4 is 0 Å². The highest BCUT2D eigenvalue weighted by molar-refractivity contribution is 6.00. The average molecular weight is 336 g/mol. The smallest absolute Gasteiger partial charge is 0.294 e. The number of rotatable bonds is 3. The lowest BCUT2D eigenvalue weighted by Gasteiger charge is -2.30. The van der Waals surface area contributed by atoms with E-state index < -0.39 is 18.1 Å². The molecule has 1 aromatic heterocycles. The highest BCUT2D eigenvalue weighted by Crippen LogP contribution is 2.39. The molecular weight excluding hydrogens is 317 g/mol. The lowest BCUT2D eigenvalue weighted by atomic mass is 9.75. The molecule has 128 valence electrons. The summed E-state index contributed by atoms with van der Waals surface area (Å²) in [6.45, 7) is 2.58. The molecule has 1 aromatic carbocycles. The maximum atomic E-state index is 13.0. The number of aromatic nitrogens is 2. The quantitative estimate of drug-likeness (QED) is 0.838. The Balaban J connectivity index is 2.11. The molecule has 6 heteroatoms. The molecule has 0 N–H and O–H groups in total. The van der Waals surface area contributed by atoms with Crippen LogP contribution in [-0.2, 0) is 18.4 Å². The van der Waals surface area contributed by atoms with E-state index in [-0.39, 0.29) is 5.78 Å². The molecule has 0 atom stereocenters. The van der Waals surface area contributed by atoms with Gasteiger partial charge in [0.25, 0.3) is 0 Å². The first kappa shape index (κ1) is 16.7. The fourth-order valence-electron chi connectivity index (χ4n) is 3.36. The summed E-state index contributed by atoms with van der Waals surface area (Å²) in [6.07, 6.45) is -3.14. The molecule has 0 bridgehead atoms. The minimum Gasteiger partial charge on any atom is -0.294 e. The number of carbonyl (C=O) groups is 1. The van der Waals surface area contributed by atoms with Gasteiger partial charge in [-0.15, -0.1) is 0 Å². The molecule has 0 fully saturated rings. The lowest BCUT2D eigenvalue weighted by Crippen LogP contribution is -2.32. The van der Waals surface area contributed by atoms with E-state index in [0.29, 0.717) is 36.2 Å². The van der Waals surface area contributed by atoms with Crippen LogP contribution >= 0.6 is 0 Å². The Kier molecular flexibility index (Phi) is 4.01. The molecule has 3 rings (SSSR count). The van der Waals surface area contributed by atoms with Crippen molar-refractivity contribution in [3.05, 3.63) is 52.8 Å². The molecule has 1 heterocycles. The topological polar surface area (TPSA) is 34.9 Å². The predicted molar refractivity (Wildman–Crippen MR) is 84.1 cm³/mol. The van der Waals surface area contributed by atoms with E-state index in [2.05, 4.69) is 5.10 Å². The van der Waals surface area contributed by atoms with Crippen LogP contribution in [0.25, 0.3) is 0 Å². The lowest BCUT2D eigenvalue weighted by molar-refractivity contribution is -0.143. The van der Waals surface area contributed by atoms with E-state index in [1.54, 1.807) is 0 Å². The first-order valence-electron chi connectivity index (χ1n) is 7.91. The van der Waals surface area contributed by atoms with Crippen LogP contribution in [0.4, 0.5) is 13.2 Å². The molecule has 24 heavy (non-hydrogen) atoms. The van der Waals surface area contributed by atoms with Gasteiger partial charge in [-0.25, -0.2) is 0 Å². The third-order valence-electron chi connectivity index (χ3n) is 4.47. The Bertz CT molecular complexity index is 761. The van der Waals surface area contributed by atoms with E-state index in [0.717, 1.165) is 10.2 Å². The van der Waals surface area contributed by atoms with Crippen LogP contribution in [0.1, 0.15) is 54.0 Å². The number of nitrogens with zero attached hydrogens (tertiary/aromatic N) is 2. The van der Waals surface area contributed by atoms with Gasteiger partial charge in [0.1, 0.15) is 6.54 Å². The normalized spacial score (nSPS) is 17.0. The second-order valence-corrected chi connectivity index (χ2v) is 6.91. The molecular formula is C18H19F3N2O. The van der Waals surface area contributed by atoms with Crippen molar-refractivity contribution in [1.29, 1.82) is 0 Å². The summed E-state index contributed by atoms with van der Waals surface area (Å²) in [5, 5.41) is 4.19. The van der Waals surface area contributed by atoms with Crippen LogP contribution in [0.3, 0.4) is 0 Å². The summed E-state index contributed by atoms with van der Waals surface area (Å²) in [4.78, 5) is 12.4. The van der Waals surface area contributed by atoms with Crippen molar-refractivity contribution >= 4 is 5.78 Å². The Morgan fingerprint density at radius 2 is 1.88 bits per heavy atom. The predicted octanol–water partition coefficient (Wildman–Crippen LogP) is 4.29. The van der Waals surface area contributed by atoms with E-state index in [1.165, 1.54) is 0 Å². The van der Waals surface area contributed by atoms with Crippen molar-refractivity contribution < 1.29 is 18.0 Å². The largest absolute Gasteiger partial charge is 0.408 e. The zero-order valence-corrected chi connectivity index (χ0v) is 13.7. The number of Topliss-reactive ketones (excluding diaryl/α,β-unsaturated/α-hetero) is 1.